The van der Waals surface area contributed by atoms with Gasteiger partial charge in [0.25, 0.3) is 5.91 Å². The van der Waals surface area contributed by atoms with Crippen LogP contribution in [-0.2, 0) is 6.54 Å². The lowest BCUT2D eigenvalue weighted by Gasteiger charge is -2.12. The summed E-state index contributed by atoms with van der Waals surface area (Å²) in [5, 5.41) is 2.90. The number of thiophene rings is 1. The molecule has 1 aromatic carbocycles. The molecule has 0 unspecified atom stereocenters. The summed E-state index contributed by atoms with van der Waals surface area (Å²) in [6.45, 7) is 2.30. The van der Waals surface area contributed by atoms with Crippen LogP contribution in [0.2, 0.25) is 0 Å². The molecule has 0 fully saturated rings. The molecule has 0 atom stereocenters. The molecule has 0 saturated carbocycles. The largest absolute Gasteiger partial charge is 0.493 e. The fraction of sp³-hybridized carbons (Fsp3) is 0.158. The van der Waals surface area contributed by atoms with Gasteiger partial charge < -0.3 is 14.8 Å². The highest BCUT2D eigenvalue weighted by atomic mass is 32.1. The van der Waals surface area contributed by atoms with Gasteiger partial charge in [-0.2, -0.15) is 0 Å². The third-order valence-corrected chi connectivity index (χ3v) is 4.53. The predicted molar refractivity (Wildman–Crippen MR) is 97.5 cm³/mol. The van der Waals surface area contributed by atoms with E-state index in [0.717, 1.165) is 10.4 Å². The molecule has 0 spiro atoms. The molecule has 5 nitrogen and oxygen atoms in total. The van der Waals surface area contributed by atoms with Crippen molar-refractivity contribution in [2.24, 2.45) is 0 Å². The van der Waals surface area contributed by atoms with Gasteiger partial charge in [0.1, 0.15) is 0 Å². The van der Waals surface area contributed by atoms with Crippen LogP contribution in [0.25, 0.3) is 0 Å². The zero-order valence-electron chi connectivity index (χ0n) is 14.0. The SMILES string of the molecule is COc1ccccc1Oc1ncccc1CNC(=O)c1ccc(C)s1. The summed E-state index contributed by atoms with van der Waals surface area (Å²) in [5.74, 6) is 1.53. The number of nitrogens with zero attached hydrogens (tertiary/aromatic N) is 1. The molecule has 0 aliphatic carbocycles. The van der Waals surface area contributed by atoms with Crippen LogP contribution in [0.5, 0.6) is 17.4 Å². The number of carbonyl (C=O) groups excluding carboxylic acids is 1. The minimum absolute atomic E-state index is 0.106. The molecule has 0 saturated heterocycles. The number of hydrogen-bond acceptors (Lipinski definition) is 5. The monoisotopic (exact) mass is 354 g/mol. The number of benzene rings is 1. The van der Waals surface area contributed by atoms with E-state index in [1.165, 1.54) is 11.3 Å². The summed E-state index contributed by atoms with van der Waals surface area (Å²) in [6, 6.07) is 14.8. The van der Waals surface area contributed by atoms with Gasteiger partial charge in [0.2, 0.25) is 5.88 Å². The van der Waals surface area contributed by atoms with E-state index < -0.39 is 0 Å². The van der Waals surface area contributed by atoms with E-state index in [-0.39, 0.29) is 5.91 Å². The molecule has 0 radical (unpaired) electrons. The van der Waals surface area contributed by atoms with Gasteiger partial charge in [-0.15, -0.1) is 11.3 Å². The number of hydrogen-bond donors (Lipinski definition) is 1. The Morgan fingerprint density at radius 2 is 1.92 bits per heavy atom. The molecule has 2 aromatic heterocycles. The summed E-state index contributed by atoms with van der Waals surface area (Å²) in [5.41, 5.74) is 0.787. The predicted octanol–water partition coefficient (Wildman–Crippen LogP) is 4.18. The van der Waals surface area contributed by atoms with Gasteiger partial charge in [-0.05, 0) is 37.3 Å². The number of methoxy groups -OCH3 is 1. The van der Waals surface area contributed by atoms with Gasteiger partial charge >= 0.3 is 0 Å². The second kappa shape index (κ2) is 7.81. The average Bonchev–Trinajstić information content (AvgIpc) is 3.08. The highest BCUT2D eigenvalue weighted by molar-refractivity contribution is 7.13. The molecule has 2 heterocycles. The maximum atomic E-state index is 12.2. The van der Waals surface area contributed by atoms with Crippen molar-refractivity contribution in [2.75, 3.05) is 7.11 Å². The van der Waals surface area contributed by atoms with E-state index in [1.807, 2.05) is 55.5 Å². The highest BCUT2D eigenvalue weighted by Gasteiger charge is 2.12. The Labute approximate surface area is 150 Å². The van der Waals surface area contributed by atoms with Crippen molar-refractivity contribution in [1.82, 2.24) is 10.3 Å². The molecule has 25 heavy (non-hydrogen) atoms. The van der Waals surface area contributed by atoms with E-state index in [0.29, 0.717) is 28.8 Å². The van der Waals surface area contributed by atoms with Gasteiger partial charge in [0.05, 0.1) is 12.0 Å². The maximum absolute atomic E-state index is 12.2. The Balaban J connectivity index is 1.73. The lowest BCUT2D eigenvalue weighted by atomic mass is 10.2. The zero-order valence-corrected chi connectivity index (χ0v) is 14.8. The molecule has 0 aliphatic rings. The van der Waals surface area contributed by atoms with Crippen LogP contribution < -0.4 is 14.8 Å². The van der Waals surface area contributed by atoms with Gasteiger partial charge in [-0.1, -0.05) is 18.2 Å². The van der Waals surface area contributed by atoms with Gasteiger partial charge in [0.15, 0.2) is 11.5 Å². The Morgan fingerprint density at radius 3 is 2.64 bits per heavy atom. The van der Waals surface area contributed by atoms with E-state index in [1.54, 1.807) is 13.3 Å². The van der Waals surface area contributed by atoms with Crippen LogP contribution >= 0.6 is 11.3 Å². The van der Waals surface area contributed by atoms with Gasteiger partial charge in [-0.25, -0.2) is 4.98 Å². The topological polar surface area (TPSA) is 60.5 Å². The van der Waals surface area contributed by atoms with Crippen molar-refractivity contribution in [1.29, 1.82) is 0 Å². The van der Waals surface area contributed by atoms with Crippen molar-refractivity contribution < 1.29 is 14.3 Å². The van der Waals surface area contributed by atoms with Crippen LogP contribution in [0.15, 0.2) is 54.7 Å². The third-order valence-electron chi connectivity index (χ3n) is 3.53. The smallest absolute Gasteiger partial charge is 0.261 e. The van der Waals surface area contributed by atoms with E-state index in [9.17, 15) is 4.79 Å². The second-order valence-corrected chi connectivity index (χ2v) is 6.60. The number of aromatic nitrogens is 1. The molecule has 1 amide bonds. The number of aryl methyl sites for hydroxylation is 1. The quantitative estimate of drug-likeness (QED) is 0.721. The Bertz CT molecular complexity index is 876. The first-order valence-electron chi connectivity index (χ1n) is 7.77. The van der Waals surface area contributed by atoms with E-state index in [2.05, 4.69) is 10.3 Å². The molecule has 128 valence electrons. The van der Waals surface area contributed by atoms with Crippen molar-refractivity contribution >= 4 is 17.2 Å². The standard InChI is InChI=1S/C19H18N2O3S/c1-13-9-10-17(25-13)18(22)21-12-14-6-5-11-20-19(14)24-16-8-4-3-7-15(16)23-2/h3-11H,12H2,1-2H3,(H,21,22). The van der Waals surface area contributed by atoms with Crippen LogP contribution in [0.1, 0.15) is 20.1 Å². The van der Waals surface area contributed by atoms with E-state index in [4.69, 9.17) is 9.47 Å². The number of carbonyl (C=O) groups is 1. The minimum atomic E-state index is -0.106. The summed E-state index contributed by atoms with van der Waals surface area (Å²) in [7, 11) is 1.59. The molecule has 3 rings (SSSR count). The Hall–Kier alpha value is -2.86. The molecule has 6 heteroatoms. The number of pyridine rings is 1. The van der Waals surface area contributed by atoms with Gasteiger partial charge in [-0.3, -0.25) is 4.79 Å². The fourth-order valence-electron chi connectivity index (χ4n) is 2.28. The number of amides is 1. The summed E-state index contributed by atoms with van der Waals surface area (Å²) >= 11 is 1.47. The minimum Gasteiger partial charge on any atom is -0.493 e. The lowest BCUT2D eigenvalue weighted by molar-refractivity contribution is 0.0954. The average molecular weight is 354 g/mol. The van der Waals surface area contributed by atoms with Gasteiger partial charge in [0, 0.05) is 23.2 Å². The number of ether oxygens (including phenoxy) is 2. The molecular weight excluding hydrogens is 336 g/mol. The van der Waals surface area contributed by atoms with Crippen LogP contribution in [-0.4, -0.2) is 18.0 Å². The van der Waals surface area contributed by atoms with Crippen molar-refractivity contribution in [3.8, 4) is 17.4 Å². The first-order chi connectivity index (χ1) is 12.2. The first-order valence-corrected chi connectivity index (χ1v) is 8.58. The summed E-state index contributed by atoms with van der Waals surface area (Å²) < 4.78 is 11.2. The fourth-order valence-corrected chi connectivity index (χ4v) is 3.06. The number of nitrogens with one attached hydrogen (secondary N) is 1. The van der Waals surface area contributed by atoms with Crippen LogP contribution in [0.4, 0.5) is 0 Å². The third kappa shape index (κ3) is 4.16. The van der Waals surface area contributed by atoms with Crippen molar-refractivity contribution in [3.63, 3.8) is 0 Å². The Kier molecular flexibility index (Phi) is 5.30. The highest BCUT2D eigenvalue weighted by Crippen LogP contribution is 2.31. The maximum Gasteiger partial charge on any atom is 0.261 e. The van der Waals surface area contributed by atoms with E-state index >= 15 is 0 Å². The molecule has 3 aromatic rings. The molecule has 0 aliphatic heterocycles. The molecular formula is C19H18N2O3S. The second-order valence-electron chi connectivity index (χ2n) is 5.31. The Morgan fingerprint density at radius 1 is 1.12 bits per heavy atom. The molecule has 0 bridgehead atoms. The number of rotatable bonds is 6. The van der Waals surface area contributed by atoms with Crippen molar-refractivity contribution in [2.45, 2.75) is 13.5 Å². The lowest BCUT2D eigenvalue weighted by Crippen LogP contribution is -2.22. The first kappa shape index (κ1) is 17.0. The number of para-hydroxylation sites is 2. The zero-order chi connectivity index (χ0) is 17.6. The molecule has 1 N–H and O–H groups in total. The summed E-state index contributed by atoms with van der Waals surface area (Å²) in [4.78, 5) is 18.3. The summed E-state index contributed by atoms with van der Waals surface area (Å²) in [6.07, 6.45) is 1.65. The van der Waals surface area contributed by atoms with Crippen LogP contribution in [0, 0.1) is 6.92 Å². The van der Waals surface area contributed by atoms with Crippen molar-refractivity contribution in [3.05, 3.63) is 70.0 Å². The normalized spacial score (nSPS) is 10.3. The van der Waals surface area contributed by atoms with Crippen LogP contribution in [0.3, 0.4) is 0 Å².